The summed E-state index contributed by atoms with van der Waals surface area (Å²) in [7, 11) is -4.56. The summed E-state index contributed by atoms with van der Waals surface area (Å²) in [6.07, 6.45) is 17.9. The Balaban J connectivity index is 0.619. The smallest absolute Gasteiger partial charge is 0.364 e. The lowest BCUT2D eigenvalue weighted by atomic mass is 9.99. The number of carbonyl (C=O) groups excluding carboxylic acids is 6. The fourth-order valence-corrected chi connectivity index (χ4v) is 14.0. The van der Waals surface area contributed by atoms with Crippen LogP contribution in [0.15, 0.2) is 86.2 Å². The molecule has 0 radical (unpaired) electrons. The van der Waals surface area contributed by atoms with Crippen molar-refractivity contribution < 1.29 is 46.9 Å². The van der Waals surface area contributed by atoms with E-state index in [1.807, 2.05) is 71.7 Å². The number of pyridine rings is 2. The number of aryl methyl sites for hydroxylation is 2. The number of fused-ring (bicyclic) bond motifs is 2. The molecule has 6 fully saturated rings. The molecule has 0 bridgehead atoms. The SMILES string of the molecule is Cc1ccnc([C@H]2C[C@@H]2C(=O)Nc2cc(NCc3cn4cc(C5CC5CC(C)(C)OP(=O)(OCN5C(=O)CN(c6cc(C7CC7)cn7cc(CNc8cc(NC(=O)[C@H]9C[C@@H]9c9nccc(C)n9)ncn8)nc67)C5=O)OC(C)(C)C)cc(N5CC(=O)NC5=O)c4n3)ncn2)n1. The number of imidazole rings is 2. The van der Waals surface area contributed by atoms with Crippen LogP contribution in [0.2, 0.25) is 0 Å². The molecule has 14 rings (SSSR count). The lowest BCUT2D eigenvalue weighted by Gasteiger charge is -2.33. The van der Waals surface area contributed by atoms with Gasteiger partial charge >= 0.3 is 19.9 Å². The first-order valence-electron chi connectivity index (χ1n) is 31.2. The number of phosphoric acid groups is 1. The minimum Gasteiger partial charge on any atom is -0.364 e. The highest BCUT2D eigenvalue weighted by Crippen LogP contribution is 2.60. The van der Waals surface area contributed by atoms with Gasteiger partial charge in [-0.1, -0.05) is 0 Å². The van der Waals surface area contributed by atoms with E-state index >= 15 is 0 Å². The second kappa shape index (κ2) is 24.0. The number of amides is 8. The van der Waals surface area contributed by atoms with E-state index in [0.29, 0.717) is 94.7 Å². The van der Waals surface area contributed by atoms with Crippen molar-refractivity contribution in [3.8, 4) is 0 Å². The molecule has 8 aromatic heterocycles. The monoisotopic (exact) mass is 1300 g/mol. The third-order valence-electron chi connectivity index (χ3n) is 17.2. The Bertz CT molecular complexity index is 4450. The van der Waals surface area contributed by atoms with Crippen LogP contribution in [0, 0.1) is 31.6 Å². The number of rotatable bonds is 24. The van der Waals surface area contributed by atoms with Gasteiger partial charge in [0.15, 0.2) is 11.3 Å². The van der Waals surface area contributed by atoms with Crippen molar-refractivity contribution in [1.29, 1.82) is 0 Å². The molecule has 486 valence electrons. The topological polar surface area (TPSA) is 355 Å². The summed E-state index contributed by atoms with van der Waals surface area (Å²) in [6.45, 7) is 11.5. The molecule has 4 aliphatic carbocycles. The van der Waals surface area contributed by atoms with E-state index < -0.39 is 49.6 Å². The van der Waals surface area contributed by atoms with E-state index in [0.717, 1.165) is 40.3 Å². The molecule has 7 atom stereocenters. The normalized spacial score (nSPS) is 21.6. The van der Waals surface area contributed by atoms with Crippen molar-refractivity contribution in [3.63, 3.8) is 0 Å². The number of phosphoric ester groups is 1. The van der Waals surface area contributed by atoms with Crippen molar-refractivity contribution in [1.82, 2.24) is 68.9 Å². The summed E-state index contributed by atoms with van der Waals surface area (Å²) in [5.74, 6) is 0.934. The second-order valence-corrected chi connectivity index (χ2v) is 28.0. The average molecular weight is 1300 g/mol. The molecule has 8 amide bonds. The molecule has 5 N–H and O–H groups in total. The molecule has 0 spiro atoms. The maximum absolute atomic E-state index is 15.0. The Morgan fingerprint density at radius 3 is 1.71 bits per heavy atom. The summed E-state index contributed by atoms with van der Waals surface area (Å²) >= 11 is 0. The summed E-state index contributed by atoms with van der Waals surface area (Å²) < 4.78 is 37.1. The number of anilines is 6. The second-order valence-electron chi connectivity index (χ2n) is 26.5. The fraction of sp³-hybridized carbons (Fsp3) is 0.429. The van der Waals surface area contributed by atoms with E-state index in [2.05, 4.69) is 66.5 Å². The maximum Gasteiger partial charge on any atom is 0.477 e. The Morgan fingerprint density at radius 2 is 1.18 bits per heavy atom. The molecule has 31 heteroatoms. The van der Waals surface area contributed by atoms with Crippen LogP contribution in [0.1, 0.15) is 142 Å². The van der Waals surface area contributed by atoms with Gasteiger partial charge in [0.05, 0.1) is 47.1 Å². The van der Waals surface area contributed by atoms with Crippen LogP contribution in [0.5, 0.6) is 0 Å². The zero-order chi connectivity index (χ0) is 65.5. The minimum atomic E-state index is -4.56. The first-order chi connectivity index (χ1) is 44.9. The molecule has 2 saturated heterocycles. The van der Waals surface area contributed by atoms with Crippen LogP contribution in [-0.2, 0) is 50.4 Å². The molecular weight excluding hydrogens is 1230 g/mol. The zero-order valence-electron chi connectivity index (χ0n) is 52.6. The predicted molar refractivity (Wildman–Crippen MR) is 339 cm³/mol. The number of nitrogens with one attached hydrogen (secondary N) is 5. The van der Waals surface area contributed by atoms with Crippen molar-refractivity contribution in [2.45, 2.75) is 135 Å². The molecule has 94 heavy (non-hydrogen) atoms. The van der Waals surface area contributed by atoms with Gasteiger partial charge in [-0.3, -0.25) is 47.9 Å². The van der Waals surface area contributed by atoms with Gasteiger partial charge in [-0.2, -0.15) is 0 Å². The van der Waals surface area contributed by atoms with Gasteiger partial charge in [0.2, 0.25) is 17.7 Å². The number of urea groups is 2. The molecule has 8 aromatic rings. The van der Waals surface area contributed by atoms with Crippen molar-refractivity contribution in [2.24, 2.45) is 17.8 Å². The van der Waals surface area contributed by atoms with Crippen LogP contribution in [0.3, 0.4) is 0 Å². The quantitative estimate of drug-likeness (QED) is 0.0282. The van der Waals surface area contributed by atoms with Crippen molar-refractivity contribution in [2.75, 3.05) is 50.9 Å². The highest BCUT2D eigenvalue weighted by molar-refractivity contribution is 7.48. The molecule has 0 aromatic carbocycles. The Hall–Kier alpha value is -9.77. The van der Waals surface area contributed by atoms with Gasteiger partial charge in [-0.25, -0.2) is 68.9 Å². The lowest BCUT2D eigenvalue weighted by molar-refractivity contribution is -0.127. The van der Waals surface area contributed by atoms with Gasteiger partial charge in [-0.05, 0) is 140 Å². The van der Waals surface area contributed by atoms with E-state index in [4.69, 9.17) is 23.5 Å². The summed E-state index contributed by atoms with van der Waals surface area (Å²) in [5, 5.41) is 14.7. The molecule has 2 aliphatic heterocycles. The number of aromatic nitrogens is 12. The summed E-state index contributed by atoms with van der Waals surface area (Å²) in [6, 6.07) is 9.35. The van der Waals surface area contributed by atoms with Crippen LogP contribution in [0.4, 0.5) is 44.2 Å². The standard InChI is InChI=1S/C63H69N20O10P/c1-33-10-12-64-54(72-33)42-17-44(42)58(86)76-50-19-48(68-30-70-50)66-22-39-26-79-24-37(35-8-9-35)15-47(57(79)75-39)82-29-53(85)83(61(82)89)32-91-94(90,92-62(3,4)5)93-63(6,7)21-36-14-41(36)38-16-46(81-28-52(84)78-60(81)88)56-74-40(27-80(56)25-38)23-67-49-20-51(71-31-69-49)77-59(87)45-18-43(45)55-65-13-11-34(2)73-55/h10-13,15-16,19-20,24-27,30-31,35-36,41-45H,8-9,14,17-18,21-23,28-29,32H2,1-7H3,(H,78,84,88)(H2,66,68,70,76,86)(H2,67,69,71,77,87)/t36?,41?,42-,43-,44-,45-,94?/m0/s1. The van der Waals surface area contributed by atoms with Crippen LogP contribution >= 0.6 is 7.82 Å². The van der Waals surface area contributed by atoms with E-state index in [1.165, 1.54) is 22.5 Å². The number of nitrogens with zero attached hydrogens (tertiary/aromatic N) is 15. The van der Waals surface area contributed by atoms with Crippen molar-refractivity contribution >= 4 is 89.5 Å². The van der Waals surface area contributed by atoms with Gasteiger partial charge in [-0.15, -0.1) is 0 Å². The summed E-state index contributed by atoms with van der Waals surface area (Å²) in [5.41, 5.74) is 4.18. The largest absolute Gasteiger partial charge is 0.477 e. The Kier molecular flexibility index (Phi) is 15.7. The van der Waals surface area contributed by atoms with Gasteiger partial charge < -0.3 is 30.1 Å². The first-order valence-corrected chi connectivity index (χ1v) is 32.7. The third kappa shape index (κ3) is 13.5. The number of hydrogen-bond acceptors (Lipinski definition) is 22. The molecular formula is C63H69N20O10P. The zero-order valence-corrected chi connectivity index (χ0v) is 53.5. The Morgan fingerprint density at radius 1 is 0.638 bits per heavy atom. The van der Waals surface area contributed by atoms with Gasteiger partial charge in [0.1, 0.15) is 67.4 Å². The van der Waals surface area contributed by atoms with Gasteiger partial charge in [0.25, 0.3) is 5.91 Å². The average Bonchev–Trinajstić information content (AvgIpc) is 1.60. The van der Waals surface area contributed by atoms with E-state index in [9.17, 15) is 33.3 Å². The molecule has 6 aliphatic rings. The highest BCUT2D eigenvalue weighted by atomic mass is 31.2. The van der Waals surface area contributed by atoms with E-state index in [1.54, 1.807) is 59.1 Å². The fourth-order valence-electron chi connectivity index (χ4n) is 12.3. The lowest BCUT2D eigenvalue weighted by Crippen LogP contribution is -2.36. The third-order valence-corrected chi connectivity index (χ3v) is 19.1. The summed E-state index contributed by atoms with van der Waals surface area (Å²) in [4.78, 5) is 129. The number of imide groups is 2. The predicted octanol–water partition coefficient (Wildman–Crippen LogP) is 8.06. The van der Waals surface area contributed by atoms with E-state index in [-0.39, 0.29) is 79.4 Å². The molecule has 10 heterocycles. The van der Waals surface area contributed by atoms with Crippen molar-refractivity contribution in [3.05, 3.63) is 132 Å². The van der Waals surface area contributed by atoms with Gasteiger partial charge in [0, 0.05) is 84.4 Å². The maximum atomic E-state index is 15.0. The molecule has 30 nitrogen and oxygen atoms in total. The number of hydrogen-bond donors (Lipinski definition) is 5. The molecule has 4 saturated carbocycles. The Labute approximate surface area is 538 Å². The van der Waals surface area contributed by atoms with Crippen LogP contribution in [-0.4, -0.2) is 130 Å². The van der Waals surface area contributed by atoms with Crippen LogP contribution in [0.25, 0.3) is 11.3 Å². The number of carbonyl (C=O) groups is 6. The van der Waals surface area contributed by atoms with Crippen LogP contribution < -0.4 is 36.4 Å². The first kappa shape index (κ1) is 61.7. The molecule has 3 unspecified atom stereocenters. The highest BCUT2D eigenvalue weighted by Gasteiger charge is 2.50. The minimum absolute atomic E-state index is 0.0184.